The molecule has 1 N–H and O–H groups in total. The van der Waals surface area contributed by atoms with Gasteiger partial charge in [0.1, 0.15) is 0 Å². The third-order valence-electron chi connectivity index (χ3n) is 3.67. The molecule has 0 radical (unpaired) electrons. The number of ether oxygens (including phenoxy) is 2. The van der Waals surface area contributed by atoms with Gasteiger partial charge in [-0.2, -0.15) is 0 Å². The minimum atomic E-state index is 0.555. The van der Waals surface area contributed by atoms with E-state index in [0.717, 1.165) is 18.0 Å². The Morgan fingerprint density at radius 2 is 1.90 bits per heavy atom. The molecule has 0 aromatic heterocycles. The molecule has 21 heavy (non-hydrogen) atoms. The summed E-state index contributed by atoms with van der Waals surface area (Å²) in [6.45, 7) is 8.03. The smallest absolute Gasteiger partial charge is 0.161 e. The van der Waals surface area contributed by atoms with Crippen LogP contribution in [0.5, 0.6) is 11.5 Å². The van der Waals surface area contributed by atoms with Gasteiger partial charge in [-0.15, -0.1) is 0 Å². The Morgan fingerprint density at radius 3 is 2.57 bits per heavy atom. The van der Waals surface area contributed by atoms with Gasteiger partial charge in [0.15, 0.2) is 11.5 Å². The van der Waals surface area contributed by atoms with E-state index < -0.39 is 0 Å². The van der Waals surface area contributed by atoms with Crippen LogP contribution in [0.25, 0.3) is 0 Å². The molecule has 0 saturated carbocycles. The van der Waals surface area contributed by atoms with Crippen LogP contribution < -0.4 is 14.8 Å². The molecule has 0 amide bonds. The first kappa shape index (κ1) is 17.8. The lowest BCUT2D eigenvalue weighted by Crippen LogP contribution is -2.25. The molecule has 3 nitrogen and oxygen atoms in total. The molecule has 0 spiro atoms. The highest BCUT2D eigenvalue weighted by molar-refractivity contribution is 5.42. The third-order valence-corrected chi connectivity index (χ3v) is 3.67. The second-order valence-electron chi connectivity index (χ2n) is 5.55. The molecule has 1 rings (SSSR count). The largest absolute Gasteiger partial charge is 0.493 e. The van der Waals surface area contributed by atoms with Crippen LogP contribution in [0.2, 0.25) is 0 Å². The van der Waals surface area contributed by atoms with E-state index in [1.807, 2.05) is 13.0 Å². The van der Waals surface area contributed by atoms with Crippen molar-refractivity contribution in [3.8, 4) is 11.5 Å². The van der Waals surface area contributed by atoms with Crippen molar-refractivity contribution in [1.29, 1.82) is 0 Å². The molecule has 0 aliphatic heterocycles. The quantitative estimate of drug-likeness (QED) is 0.607. The van der Waals surface area contributed by atoms with Crippen LogP contribution in [0.3, 0.4) is 0 Å². The molecule has 1 unspecified atom stereocenters. The maximum absolute atomic E-state index is 5.61. The Kier molecular flexibility index (Phi) is 8.91. The number of unbranched alkanes of at least 4 members (excludes halogenated alkanes) is 3. The Bertz CT molecular complexity index is 393. The second-order valence-corrected chi connectivity index (χ2v) is 5.55. The molecule has 0 aliphatic rings. The maximum Gasteiger partial charge on any atom is 0.161 e. The average molecular weight is 293 g/mol. The van der Waals surface area contributed by atoms with Crippen molar-refractivity contribution in [1.82, 2.24) is 5.32 Å². The molecular formula is C18H31NO2. The van der Waals surface area contributed by atoms with Crippen molar-refractivity contribution >= 4 is 0 Å². The van der Waals surface area contributed by atoms with Gasteiger partial charge in [0.2, 0.25) is 0 Å². The van der Waals surface area contributed by atoms with Crippen LogP contribution in [0.4, 0.5) is 0 Å². The normalized spacial score (nSPS) is 12.2. The zero-order valence-corrected chi connectivity index (χ0v) is 14.1. The van der Waals surface area contributed by atoms with Crippen molar-refractivity contribution in [2.75, 3.05) is 13.7 Å². The summed E-state index contributed by atoms with van der Waals surface area (Å²) in [5, 5.41) is 3.59. The standard InChI is InChI=1S/C18H31NO2/c1-5-7-8-9-10-15(3)19-14-16-11-12-17(20-4)18(13-16)21-6-2/h11-13,15,19H,5-10,14H2,1-4H3. The van der Waals surface area contributed by atoms with Gasteiger partial charge in [-0.25, -0.2) is 0 Å². The van der Waals surface area contributed by atoms with E-state index in [9.17, 15) is 0 Å². The topological polar surface area (TPSA) is 30.5 Å². The van der Waals surface area contributed by atoms with Crippen LogP contribution in [-0.2, 0) is 6.54 Å². The lowest BCUT2D eigenvalue weighted by Gasteiger charge is -2.15. The van der Waals surface area contributed by atoms with E-state index >= 15 is 0 Å². The summed E-state index contributed by atoms with van der Waals surface area (Å²) in [6, 6.07) is 6.70. The molecule has 1 atom stereocenters. The first-order valence-corrected chi connectivity index (χ1v) is 8.24. The second kappa shape index (κ2) is 10.5. The minimum Gasteiger partial charge on any atom is -0.493 e. The van der Waals surface area contributed by atoms with Gasteiger partial charge >= 0.3 is 0 Å². The van der Waals surface area contributed by atoms with Crippen LogP contribution in [0, 0.1) is 0 Å². The highest BCUT2D eigenvalue weighted by Gasteiger charge is 2.06. The molecule has 0 heterocycles. The SMILES string of the molecule is CCCCCCC(C)NCc1ccc(OC)c(OCC)c1. The molecule has 0 aliphatic carbocycles. The summed E-state index contributed by atoms with van der Waals surface area (Å²) in [5.41, 5.74) is 1.24. The lowest BCUT2D eigenvalue weighted by molar-refractivity contribution is 0.310. The Hall–Kier alpha value is -1.22. The molecule has 0 bridgehead atoms. The fourth-order valence-corrected chi connectivity index (χ4v) is 2.37. The lowest BCUT2D eigenvalue weighted by atomic mass is 10.1. The van der Waals surface area contributed by atoms with E-state index in [0.29, 0.717) is 12.6 Å². The van der Waals surface area contributed by atoms with E-state index in [4.69, 9.17) is 9.47 Å². The van der Waals surface area contributed by atoms with Gasteiger partial charge in [0.25, 0.3) is 0 Å². The summed E-state index contributed by atoms with van der Waals surface area (Å²) in [7, 11) is 1.67. The number of rotatable bonds is 11. The zero-order valence-electron chi connectivity index (χ0n) is 14.1. The van der Waals surface area contributed by atoms with Crippen molar-refractivity contribution in [3.05, 3.63) is 23.8 Å². The van der Waals surface area contributed by atoms with Crippen molar-refractivity contribution < 1.29 is 9.47 Å². The van der Waals surface area contributed by atoms with Crippen LogP contribution in [-0.4, -0.2) is 19.8 Å². The minimum absolute atomic E-state index is 0.555. The van der Waals surface area contributed by atoms with Crippen LogP contribution >= 0.6 is 0 Å². The summed E-state index contributed by atoms with van der Waals surface area (Å²) in [6.07, 6.45) is 6.56. The fourth-order valence-electron chi connectivity index (χ4n) is 2.37. The van der Waals surface area contributed by atoms with E-state index in [2.05, 4.69) is 31.3 Å². The average Bonchev–Trinajstić information content (AvgIpc) is 2.50. The van der Waals surface area contributed by atoms with Gasteiger partial charge in [-0.1, -0.05) is 38.7 Å². The number of nitrogens with one attached hydrogen (secondary N) is 1. The Labute approximate surface area is 130 Å². The number of hydrogen-bond donors (Lipinski definition) is 1. The summed E-state index contributed by atoms with van der Waals surface area (Å²) < 4.78 is 10.9. The monoisotopic (exact) mass is 293 g/mol. The molecule has 1 aromatic carbocycles. The predicted octanol–water partition coefficient (Wildman–Crippen LogP) is 4.54. The van der Waals surface area contributed by atoms with E-state index in [1.54, 1.807) is 7.11 Å². The van der Waals surface area contributed by atoms with Crippen molar-refractivity contribution in [2.45, 2.75) is 65.5 Å². The number of methoxy groups -OCH3 is 1. The molecular weight excluding hydrogens is 262 g/mol. The zero-order chi connectivity index (χ0) is 15.5. The Morgan fingerprint density at radius 1 is 1.10 bits per heavy atom. The fraction of sp³-hybridized carbons (Fsp3) is 0.667. The summed E-state index contributed by atoms with van der Waals surface area (Å²) in [5.74, 6) is 1.63. The molecule has 0 fully saturated rings. The third kappa shape index (κ3) is 6.85. The van der Waals surface area contributed by atoms with Gasteiger partial charge in [0.05, 0.1) is 13.7 Å². The number of benzene rings is 1. The Balaban J connectivity index is 2.42. The highest BCUT2D eigenvalue weighted by atomic mass is 16.5. The molecule has 3 heteroatoms. The first-order chi connectivity index (χ1) is 10.2. The van der Waals surface area contributed by atoms with E-state index in [1.165, 1.54) is 37.7 Å². The van der Waals surface area contributed by atoms with Gasteiger partial charge in [-0.3, -0.25) is 0 Å². The van der Waals surface area contributed by atoms with Gasteiger partial charge < -0.3 is 14.8 Å². The molecule has 0 saturated heterocycles. The molecule has 120 valence electrons. The molecule has 1 aromatic rings. The van der Waals surface area contributed by atoms with Crippen LogP contribution in [0.1, 0.15) is 58.4 Å². The van der Waals surface area contributed by atoms with Crippen LogP contribution in [0.15, 0.2) is 18.2 Å². The van der Waals surface area contributed by atoms with E-state index in [-0.39, 0.29) is 0 Å². The summed E-state index contributed by atoms with van der Waals surface area (Å²) in [4.78, 5) is 0. The van der Waals surface area contributed by atoms with Gasteiger partial charge in [0, 0.05) is 12.6 Å². The first-order valence-electron chi connectivity index (χ1n) is 8.24. The maximum atomic E-state index is 5.61. The predicted molar refractivity (Wildman–Crippen MR) is 89.2 cm³/mol. The summed E-state index contributed by atoms with van der Waals surface area (Å²) >= 11 is 0. The van der Waals surface area contributed by atoms with Gasteiger partial charge in [-0.05, 0) is 38.0 Å². The van der Waals surface area contributed by atoms with Crippen molar-refractivity contribution in [2.24, 2.45) is 0 Å². The highest BCUT2D eigenvalue weighted by Crippen LogP contribution is 2.28. The number of hydrogen-bond acceptors (Lipinski definition) is 3. The van der Waals surface area contributed by atoms with Crippen molar-refractivity contribution in [3.63, 3.8) is 0 Å².